The number of hydrogen-bond donors (Lipinski definition) is 2. The molecule has 164 valence electrons. The lowest BCUT2D eigenvalue weighted by molar-refractivity contribution is 0.0953. The predicted octanol–water partition coefficient (Wildman–Crippen LogP) is 4.97. The number of halogens is 1. The highest BCUT2D eigenvalue weighted by Gasteiger charge is 2.28. The third-order valence-electron chi connectivity index (χ3n) is 5.27. The summed E-state index contributed by atoms with van der Waals surface area (Å²) < 4.78 is 11.1. The van der Waals surface area contributed by atoms with Crippen LogP contribution < -0.4 is 15.5 Å². The molecule has 0 saturated heterocycles. The number of carbonyl (C=O) groups is 2. The molecule has 0 fully saturated rings. The fourth-order valence-corrected chi connectivity index (χ4v) is 3.93. The summed E-state index contributed by atoms with van der Waals surface area (Å²) in [6, 6.07) is 13.9. The minimum Gasteiger partial charge on any atom is -0.497 e. The van der Waals surface area contributed by atoms with Gasteiger partial charge in [-0.1, -0.05) is 29.8 Å². The maximum absolute atomic E-state index is 12.9. The first kappa shape index (κ1) is 21.6. The summed E-state index contributed by atoms with van der Waals surface area (Å²) >= 11 is 6.09. The Morgan fingerprint density at radius 1 is 1.09 bits per heavy atom. The van der Waals surface area contributed by atoms with Crippen molar-refractivity contribution in [3.63, 3.8) is 0 Å². The van der Waals surface area contributed by atoms with Crippen molar-refractivity contribution in [2.75, 3.05) is 12.4 Å². The van der Waals surface area contributed by atoms with E-state index in [4.69, 9.17) is 20.8 Å². The molecule has 0 saturated carbocycles. The number of carbonyl (C=O) groups excluding carboxylic acids is 2. The first-order chi connectivity index (χ1) is 15.5. The van der Waals surface area contributed by atoms with Crippen LogP contribution >= 0.6 is 11.6 Å². The van der Waals surface area contributed by atoms with Crippen molar-refractivity contribution >= 4 is 34.8 Å². The van der Waals surface area contributed by atoms with Gasteiger partial charge in [-0.15, -0.1) is 0 Å². The van der Waals surface area contributed by atoms with E-state index in [-0.39, 0.29) is 11.7 Å². The number of nitrogens with zero attached hydrogens (tertiary/aromatic N) is 1. The summed E-state index contributed by atoms with van der Waals surface area (Å²) in [6.45, 7) is 1.82. The number of fused-ring (bicyclic) bond motifs is 1. The molecule has 4 rings (SSSR count). The highest BCUT2D eigenvalue weighted by atomic mass is 35.5. The van der Waals surface area contributed by atoms with Gasteiger partial charge in [-0.3, -0.25) is 9.59 Å². The smallest absolute Gasteiger partial charge is 0.291 e. The average Bonchev–Trinajstić information content (AvgIpc) is 3.15. The number of nitrogens with one attached hydrogen (secondary N) is 2. The van der Waals surface area contributed by atoms with Crippen LogP contribution in [0.1, 0.15) is 50.6 Å². The number of hydrogen-bond acceptors (Lipinski definition) is 5. The lowest BCUT2D eigenvalue weighted by Gasteiger charge is -2.13. The molecule has 32 heavy (non-hydrogen) atoms. The van der Waals surface area contributed by atoms with E-state index in [0.717, 1.165) is 12.0 Å². The second-order valence-corrected chi connectivity index (χ2v) is 7.78. The number of hydrazone groups is 1. The number of methoxy groups -OCH3 is 1. The zero-order chi connectivity index (χ0) is 22.7. The molecule has 2 aromatic carbocycles. The number of rotatable bonds is 5. The Hall–Kier alpha value is -3.58. The molecule has 3 aromatic rings. The van der Waals surface area contributed by atoms with Gasteiger partial charge in [-0.25, -0.2) is 5.43 Å². The van der Waals surface area contributed by atoms with Crippen molar-refractivity contribution in [1.29, 1.82) is 0 Å². The van der Waals surface area contributed by atoms with Crippen molar-refractivity contribution in [1.82, 2.24) is 5.43 Å². The van der Waals surface area contributed by atoms with Gasteiger partial charge in [0.2, 0.25) is 0 Å². The third-order valence-corrected chi connectivity index (χ3v) is 5.60. The first-order valence-corrected chi connectivity index (χ1v) is 10.5. The van der Waals surface area contributed by atoms with Gasteiger partial charge in [-0.2, -0.15) is 5.10 Å². The van der Waals surface area contributed by atoms with E-state index in [9.17, 15) is 9.59 Å². The molecule has 1 aliphatic rings. The van der Waals surface area contributed by atoms with Gasteiger partial charge in [0.1, 0.15) is 11.5 Å². The van der Waals surface area contributed by atoms with Crippen molar-refractivity contribution < 1.29 is 18.7 Å². The molecule has 0 bridgehead atoms. The molecule has 0 radical (unpaired) electrons. The van der Waals surface area contributed by atoms with Crippen LogP contribution in [0.15, 0.2) is 58.0 Å². The summed E-state index contributed by atoms with van der Waals surface area (Å²) in [6.07, 6.45) is 2.16. The SMILES string of the molecule is COc1cccc(NC(=O)c2oc3c(c2C)/C(=N/NC(=O)c2ccccc2Cl)CCC3)c1. The molecule has 8 heteroatoms. The minimum absolute atomic E-state index is 0.227. The fraction of sp³-hybridized carbons (Fsp3) is 0.208. The van der Waals surface area contributed by atoms with E-state index < -0.39 is 5.91 Å². The van der Waals surface area contributed by atoms with Gasteiger partial charge in [0.25, 0.3) is 11.8 Å². The molecule has 0 unspecified atom stereocenters. The average molecular weight is 452 g/mol. The van der Waals surface area contributed by atoms with Crippen LogP contribution in [0.2, 0.25) is 5.02 Å². The number of ether oxygens (including phenoxy) is 1. The molecule has 0 atom stereocenters. The van der Waals surface area contributed by atoms with E-state index in [1.807, 2.05) is 6.92 Å². The normalized spacial score (nSPS) is 14.0. The third kappa shape index (κ3) is 4.38. The van der Waals surface area contributed by atoms with Crippen LogP contribution in [-0.4, -0.2) is 24.6 Å². The number of anilines is 1. The molecule has 0 aliphatic heterocycles. The maximum Gasteiger partial charge on any atom is 0.291 e. The Bertz CT molecular complexity index is 1220. The Balaban J connectivity index is 1.57. The fourth-order valence-electron chi connectivity index (χ4n) is 3.71. The van der Waals surface area contributed by atoms with Crippen molar-refractivity contribution in [3.8, 4) is 5.75 Å². The Morgan fingerprint density at radius 3 is 2.69 bits per heavy atom. The standard InChI is InChI=1S/C24H22ClN3O4/c1-14-21-19(27-28-23(29)17-9-3-4-10-18(17)25)11-6-12-20(21)32-22(14)24(30)26-15-7-5-8-16(13-15)31-2/h3-5,7-10,13H,6,11-12H2,1-2H3,(H,26,30)(H,28,29)/b27-19+. The van der Waals surface area contributed by atoms with Crippen LogP contribution in [0.4, 0.5) is 5.69 Å². The minimum atomic E-state index is -0.396. The van der Waals surface area contributed by atoms with Crippen LogP contribution in [-0.2, 0) is 6.42 Å². The van der Waals surface area contributed by atoms with Crippen LogP contribution in [0.5, 0.6) is 5.75 Å². The highest BCUT2D eigenvalue weighted by molar-refractivity contribution is 6.33. The number of furan rings is 1. The largest absolute Gasteiger partial charge is 0.497 e. The lowest BCUT2D eigenvalue weighted by Crippen LogP contribution is -2.22. The van der Waals surface area contributed by atoms with Crippen molar-refractivity contribution in [2.24, 2.45) is 5.10 Å². The molecular formula is C24H22ClN3O4. The summed E-state index contributed by atoms with van der Waals surface area (Å²) in [7, 11) is 1.57. The Kier molecular flexibility index (Phi) is 6.28. The van der Waals surface area contributed by atoms with Gasteiger partial charge in [-0.05, 0) is 44.0 Å². The monoisotopic (exact) mass is 451 g/mol. The van der Waals surface area contributed by atoms with E-state index in [0.29, 0.717) is 51.9 Å². The summed E-state index contributed by atoms with van der Waals surface area (Å²) in [5.41, 5.74) is 5.65. The number of amides is 2. The van der Waals surface area contributed by atoms with Gasteiger partial charge < -0.3 is 14.5 Å². The van der Waals surface area contributed by atoms with Crippen LogP contribution in [0, 0.1) is 6.92 Å². The second-order valence-electron chi connectivity index (χ2n) is 7.37. The van der Waals surface area contributed by atoms with E-state index in [1.165, 1.54) is 0 Å². The lowest BCUT2D eigenvalue weighted by atomic mass is 9.93. The zero-order valence-corrected chi connectivity index (χ0v) is 18.5. The molecule has 2 amide bonds. The quantitative estimate of drug-likeness (QED) is 0.535. The molecule has 1 heterocycles. The molecular weight excluding hydrogens is 430 g/mol. The van der Waals surface area contributed by atoms with Crippen LogP contribution in [0.25, 0.3) is 0 Å². The van der Waals surface area contributed by atoms with Gasteiger partial charge >= 0.3 is 0 Å². The molecule has 0 spiro atoms. The van der Waals surface area contributed by atoms with Crippen molar-refractivity contribution in [3.05, 3.63) is 81.8 Å². The van der Waals surface area contributed by atoms with E-state index in [2.05, 4.69) is 15.8 Å². The Morgan fingerprint density at radius 2 is 1.91 bits per heavy atom. The molecule has 1 aliphatic carbocycles. The summed E-state index contributed by atoms with van der Waals surface area (Å²) in [4.78, 5) is 25.4. The molecule has 2 N–H and O–H groups in total. The van der Waals surface area contributed by atoms with Crippen molar-refractivity contribution in [2.45, 2.75) is 26.2 Å². The molecule has 1 aromatic heterocycles. The zero-order valence-electron chi connectivity index (χ0n) is 17.7. The second kappa shape index (κ2) is 9.28. The first-order valence-electron chi connectivity index (χ1n) is 10.2. The molecule has 7 nitrogen and oxygen atoms in total. The predicted molar refractivity (Wildman–Crippen MR) is 123 cm³/mol. The summed E-state index contributed by atoms with van der Waals surface area (Å²) in [5, 5.41) is 7.52. The topological polar surface area (TPSA) is 92.9 Å². The van der Waals surface area contributed by atoms with Gasteiger partial charge in [0, 0.05) is 29.3 Å². The van der Waals surface area contributed by atoms with E-state index >= 15 is 0 Å². The Labute approximate surface area is 190 Å². The highest BCUT2D eigenvalue weighted by Crippen LogP contribution is 2.30. The van der Waals surface area contributed by atoms with Gasteiger partial charge in [0.15, 0.2) is 5.76 Å². The van der Waals surface area contributed by atoms with E-state index in [1.54, 1.807) is 55.6 Å². The number of benzene rings is 2. The maximum atomic E-state index is 12.9. The number of aryl methyl sites for hydroxylation is 1. The van der Waals surface area contributed by atoms with Crippen LogP contribution in [0.3, 0.4) is 0 Å². The van der Waals surface area contributed by atoms with Gasteiger partial charge in [0.05, 0.1) is 23.4 Å². The summed E-state index contributed by atoms with van der Waals surface area (Å²) in [5.74, 6) is 0.805.